The van der Waals surface area contributed by atoms with Crippen LogP contribution in [0.5, 0.6) is 0 Å². The maximum absolute atomic E-state index is 6.10. The van der Waals surface area contributed by atoms with Crippen molar-refractivity contribution in [2.75, 3.05) is 26.7 Å². The molecule has 0 N–H and O–H groups in total. The summed E-state index contributed by atoms with van der Waals surface area (Å²) in [6.45, 7) is 10.8. The van der Waals surface area contributed by atoms with E-state index in [4.69, 9.17) is 4.74 Å². The van der Waals surface area contributed by atoms with Crippen LogP contribution in [0.4, 0.5) is 45.5 Å². The summed E-state index contributed by atoms with van der Waals surface area (Å²) in [6.07, 6.45) is -0.273. The maximum atomic E-state index is 6.10. The van der Waals surface area contributed by atoms with Crippen LogP contribution in [0.15, 0.2) is 188 Å². The molecule has 0 bridgehead atoms. The van der Waals surface area contributed by atoms with Gasteiger partial charge in [-0.05, 0) is 121 Å². The van der Waals surface area contributed by atoms with Crippen LogP contribution in [0.2, 0.25) is 0 Å². The van der Waals surface area contributed by atoms with Crippen molar-refractivity contribution in [2.24, 2.45) is 0 Å². The average molecular weight is 973 g/mol. The van der Waals surface area contributed by atoms with E-state index < -0.39 is 0 Å². The van der Waals surface area contributed by atoms with E-state index in [0.717, 1.165) is 34.1 Å². The van der Waals surface area contributed by atoms with Gasteiger partial charge in [-0.2, -0.15) is 30.3 Å². The predicted molar refractivity (Wildman–Crippen MR) is 251 cm³/mol. The summed E-state index contributed by atoms with van der Waals surface area (Å²) in [7, 11) is 1.78. The Morgan fingerprint density at radius 2 is 0.967 bits per heavy atom. The maximum Gasteiger partial charge on any atom is 0.218 e. The van der Waals surface area contributed by atoms with Crippen molar-refractivity contribution in [1.29, 1.82) is 0 Å². The third kappa shape index (κ3) is 7.99. The number of methoxy groups -OCH3 is 1. The molecule has 0 saturated carbocycles. The Morgan fingerprint density at radius 1 is 0.443 bits per heavy atom. The molecule has 2 aliphatic rings. The van der Waals surface area contributed by atoms with E-state index in [9.17, 15) is 0 Å². The molecule has 8 aromatic rings. The second kappa shape index (κ2) is 18.0. The number of fused-ring (bicyclic) bond motifs is 2. The zero-order chi connectivity index (χ0) is 41.2. The molecule has 1 radical (unpaired) electrons. The Bertz CT molecular complexity index is 2770. The number of para-hydroxylation sites is 4. The fraction of sp³-hybridized carbons (Fsp3) is 0.109. The topological polar surface area (TPSA) is 22.2 Å². The van der Waals surface area contributed by atoms with Gasteiger partial charge in [0, 0.05) is 55.7 Å². The van der Waals surface area contributed by atoms with E-state index in [-0.39, 0.29) is 26.5 Å². The number of aryl methyl sites for hydroxylation is 4. The molecule has 0 amide bonds. The third-order valence-electron chi connectivity index (χ3n) is 11.5. The molecule has 6 heteroatoms. The third-order valence-corrected chi connectivity index (χ3v) is 11.5. The van der Waals surface area contributed by atoms with Crippen molar-refractivity contribution in [3.8, 4) is 22.3 Å². The Hall–Kier alpha value is -6.43. The molecule has 0 fully saturated rings. The first-order valence-corrected chi connectivity index (χ1v) is 20.5. The van der Waals surface area contributed by atoms with Crippen molar-refractivity contribution in [2.45, 2.75) is 34.0 Å². The summed E-state index contributed by atoms with van der Waals surface area (Å²) >= 11 is 0. The van der Waals surface area contributed by atoms with Gasteiger partial charge in [-0.25, -0.2) is 0 Å². The van der Waals surface area contributed by atoms with E-state index in [1.54, 1.807) is 7.11 Å². The van der Waals surface area contributed by atoms with E-state index in [2.05, 4.69) is 230 Å². The molecule has 2 aliphatic heterocycles. The van der Waals surface area contributed by atoms with E-state index >= 15 is 0 Å². The van der Waals surface area contributed by atoms with Crippen LogP contribution in [-0.2, 0) is 24.8 Å². The molecule has 305 valence electrons. The average Bonchev–Trinajstić information content (AvgIpc) is 3.83. The fourth-order valence-corrected chi connectivity index (χ4v) is 8.46. The minimum absolute atomic E-state index is 0. The Labute approximate surface area is 374 Å². The summed E-state index contributed by atoms with van der Waals surface area (Å²) < 4.78 is 6.10. The number of rotatable bonds is 7. The van der Waals surface area contributed by atoms with Crippen LogP contribution in [0, 0.1) is 40.4 Å². The van der Waals surface area contributed by atoms with E-state index in [1.165, 1.54) is 55.9 Å². The number of hydrogen-bond acceptors (Lipinski definition) is 5. The fourth-order valence-electron chi connectivity index (χ4n) is 8.46. The molecule has 0 spiro atoms. The van der Waals surface area contributed by atoms with Gasteiger partial charge in [0.15, 0.2) is 0 Å². The first-order chi connectivity index (χ1) is 29.4. The zero-order valence-electron chi connectivity index (χ0n) is 35.1. The van der Waals surface area contributed by atoms with Crippen molar-refractivity contribution in [1.82, 2.24) is 0 Å². The summed E-state index contributed by atoms with van der Waals surface area (Å²) in [5, 5.41) is 0. The standard InChI is InChI=1S/C28H26N2O.C27H22N2.Ir/c1-20-11-7-9-15-24(20)22-17-18-26-27(19-22)29(23-13-5-4-6-14-23)28(31-3)30(26)25-16-10-8-12-21(25)2;1-20-10-6-8-14-24(20)22-16-17-26-27(18-22)28(23-12-4-3-5-13-23)19-29(26)25-15-9-7-11-21(25)2;/h4-19,28H,1-3H3;3-12,14-19H,1-2H3;/q;-2;. The molecular weight excluding hydrogens is 925 g/mol. The number of ether oxygens (including phenoxy) is 1. The SMILES string of the molecule is COC1N(c2ccccc2)c2cc(-c3ccccc3C)ccc2N1c1ccccc1C.Cc1ccccc1-c1ccc2c(c1)N(c1[c-]cccc1)[CH-]N2c1ccccc1C.[Ir]. The van der Waals surface area contributed by atoms with Crippen molar-refractivity contribution >= 4 is 45.5 Å². The molecule has 8 aromatic carbocycles. The summed E-state index contributed by atoms with van der Waals surface area (Å²) in [6, 6.07) is 69.5. The normalized spacial score (nSPS) is 13.9. The predicted octanol–water partition coefficient (Wildman–Crippen LogP) is 14.4. The van der Waals surface area contributed by atoms with Gasteiger partial charge < -0.3 is 14.5 Å². The monoisotopic (exact) mass is 973 g/mol. The quantitative estimate of drug-likeness (QED) is 0.148. The van der Waals surface area contributed by atoms with Crippen LogP contribution in [0.3, 0.4) is 0 Å². The molecular formula is C55H48IrN4O-2. The van der Waals surface area contributed by atoms with Gasteiger partial charge >= 0.3 is 0 Å². The molecule has 1 atom stereocenters. The van der Waals surface area contributed by atoms with Gasteiger partial charge in [0.1, 0.15) is 0 Å². The van der Waals surface area contributed by atoms with Crippen molar-refractivity contribution in [3.63, 3.8) is 0 Å². The molecule has 5 nitrogen and oxygen atoms in total. The largest absolute Gasteiger partial charge is 0.493 e. The first kappa shape index (κ1) is 41.3. The molecule has 61 heavy (non-hydrogen) atoms. The number of anilines is 8. The minimum Gasteiger partial charge on any atom is -0.493 e. The summed E-state index contributed by atoms with van der Waals surface area (Å²) in [5.74, 6) is 0. The van der Waals surface area contributed by atoms with Crippen molar-refractivity contribution in [3.05, 3.63) is 223 Å². The second-order valence-electron chi connectivity index (χ2n) is 15.4. The van der Waals surface area contributed by atoms with E-state index in [1.807, 2.05) is 18.2 Å². The Kier molecular flexibility index (Phi) is 12.2. The van der Waals surface area contributed by atoms with Crippen molar-refractivity contribution < 1.29 is 24.8 Å². The number of nitrogens with zero attached hydrogens (tertiary/aromatic N) is 4. The minimum atomic E-state index is -0.273. The van der Waals surface area contributed by atoms with Crippen LogP contribution in [-0.4, -0.2) is 13.5 Å². The van der Waals surface area contributed by atoms with Gasteiger partial charge in [0.2, 0.25) is 6.35 Å². The van der Waals surface area contributed by atoms with Crippen LogP contribution < -0.4 is 19.6 Å². The van der Waals surface area contributed by atoms with Gasteiger partial charge in [-0.15, -0.1) is 12.4 Å². The van der Waals surface area contributed by atoms with Gasteiger partial charge in [0.25, 0.3) is 0 Å². The van der Waals surface area contributed by atoms with E-state index in [0.29, 0.717) is 0 Å². The molecule has 10 rings (SSSR count). The zero-order valence-corrected chi connectivity index (χ0v) is 37.5. The van der Waals surface area contributed by atoms with Gasteiger partial charge in [0.05, 0.1) is 11.4 Å². The first-order valence-electron chi connectivity index (χ1n) is 20.5. The Balaban J connectivity index is 0.000000166. The molecule has 0 aromatic heterocycles. The van der Waals surface area contributed by atoms with Crippen LogP contribution in [0.1, 0.15) is 22.3 Å². The molecule has 0 saturated heterocycles. The summed E-state index contributed by atoms with van der Waals surface area (Å²) in [5.41, 5.74) is 19.1. The number of hydrogen-bond donors (Lipinski definition) is 0. The summed E-state index contributed by atoms with van der Waals surface area (Å²) in [4.78, 5) is 9.07. The smallest absolute Gasteiger partial charge is 0.218 e. The van der Waals surface area contributed by atoms with Crippen LogP contribution in [0.25, 0.3) is 22.3 Å². The number of benzene rings is 8. The molecule has 2 heterocycles. The Morgan fingerprint density at radius 3 is 1.54 bits per heavy atom. The van der Waals surface area contributed by atoms with Gasteiger partial charge in [-0.1, -0.05) is 115 Å². The van der Waals surface area contributed by atoms with Gasteiger partial charge in [-0.3, -0.25) is 9.80 Å². The second-order valence-corrected chi connectivity index (χ2v) is 15.4. The van der Waals surface area contributed by atoms with Crippen LogP contribution >= 0.6 is 0 Å². The molecule has 1 unspecified atom stereocenters. The molecule has 0 aliphatic carbocycles.